The number of pyridine rings is 1. The molecule has 1 saturated heterocycles. The third kappa shape index (κ3) is 3.41. The van der Waals surface area contributed by atoms with Gasteiger partial charge in [0.2, 0.25) is 0 Å². The zero-order chi connectivity index (χ0) is 17.1. The van der Waals surface area contributed by atoms with E-state index in [2.05, 4.69) is 27.1 Å². The third-order valence-corrected chi connectivity index (χ3v) is 4.50. The Morgan fingerprint density at radius 2 is 2.17 bits per heavy atom. The average Bonchev–Trinajstić information content (AvgIpc) is 3.02. The van der Waals surface area contributed by atoms with Gasteiger partial charge in [-0.25, -0.2) is 9.78 Å². The normalized spacial score (nSPS) is 18.6. The molecule has 7 heteroatoms. The summed E-state index contributed by atoms with van der Waals surface area (Å²) >= 11 is 0. The number of anilines is 1. The van der Waals surface area contributed by atoms with Crippen LogP contribution in [0.5, 0.6) is 0 Å². The number of piperazine rings is 1. The topological polar surface area (TPSA) is 66.3 Å². The summed E-state index contributed by atoms with van der Waals surface area (Å²) in [6.45, 7) is 7.18. The number of rotatable bonds is 3. The van der Waals surface area contributed by atoms with Crippen molar-refractivity contribution in [3.05, 3.63) is 42.2 Å². The predicted octanol–water partition coefficient (Wildman–Crippen LogP) is 2.03. The van der Waals surface area contributed by atoms with Crippen LogP contribution in [0.2, 0.25) is 0 Å². The number of hydrogen-bond acceptors (Lipinski definition) is 4. The van der Waals surface area contributed by atoms with E-state index in [-0.39, 0.29) is 12.1 Å². The van der Waals surface area contributed by atoms with Crippen molar-refractivity contribution in [2.75, 3.05) is 31.5 Å². The van der Waals surface area contributed by atoms with Crippen LogP contribution >= 0.6 is 0 Å². The van der Waals surface area contributed by atoms with Gasteiger partial charge < -0.3 is 14.8 Å². The Bertz CT molecular complexity index is 695. The number of likely N-dealkylation sites (N-methyl/N-ethyl adjacent to an activating group) is 1. The minimum atomic E-state index is -0.0874. The number of aromatic nitrogens is 3. The molecule has 0 aliphatic carbocycles. The van der Waals surface area contributed by atoms with Crippen LogP contribution in [0.15, 0.2) is 30.7 Å². The molecule has 0 aromatic carbocycles. The highest BCUT2D eigenvalue weighted by Gasteiger charge is 2.31. The Kier molecular flexibility index (Phi) is 4.80. The smallest absolute Gasteiger partial charge is 0.321 e. The summed E-state index contributed by atoms with van der Waals surface area (Å²) in [5.74, 6) is 0.992. The van der Waals surface area contributed by atoms with E-state index in [1.165, 1.54) is 0 Å². The fraction of sp³-hybridized carbons (Fsp3) is 0.471. The van der Waals surface area contributed by atoms with Crippen LogP contribution in [-0.4, -0.2) is 56.5 Å². The predicted molar refractivity (Wildman–Crippen MR) is 92.8 cm³/mol. The van der Waals surface area contributed by atoms with E-state index < -0.39 is 0 Å². The quantitative estimate of drug-likeness (QED) is 0.936. The highest BCUT2D eigenvalue weighted by Crippen LogP contribution is 2.24. The number of imidazole rings is 1. The molecular formula is C17H24N6O. The van der Waals surface area contributed by atoms with Gasteiger partial charge in [0.15, 0.2) is 0 Å². The SMILES string of the molecule is CCN1CCN(C(=O)Nc2ccc(C)nc2)CC1c1nccn1C. The van der Waals surface area contributed by atoms with E-state index >= 15 is 0 Å². The molecule has 0 bridgehead atoms. The first-order valence-electron chi connectivity index (χ1n) is 8.28. The lowest BCUT2D eigenvalue weighted by Gasteiger charge is -2.40. The van der Waals surface area contributed by atoms with Crippen molar-refractivity contribution < 1.29 is 4.79 Å². The second kappa shape index (κ2) is 7.00. The molecule has 2 aromatic heterocycles. The maximum Gasteiger partial charge on any atom is 0.321 e. The molecule has 2 amide bonds. The van der Waals surface area contributed by atoms with Gasteiger partial charge in [0.1, 0.15) is 5.82 Å². The van der Waals surface area contributed by atoms with Gasteiger partial charge in [-0.2, -0.15) is 0 Å². The molecule has 1 aliphatic rings. The number of carbonyl (C=O) groups is 1. The summed E-state index contributed by atoms with van der Waals surface area (Å²) < 4.78 is 2.03. The lowest BCUT2D eigenvalue weighted by atomic mass is 10.1. The highest BCUT2D eigenvalue weighted by molar-refractivity contribution is 5.89. The maximum atomic E-state index is 12.6. The van der Waals surface area contributed by atoms with Crippen molar-refractivity contribution in [2.45, 2.75) is 19.9 Å². The van der Waals surface area contributed by atoms with Crippen LogP contribution in [0, 0.1) is 6.92 Å². The maximum absolute atomic E-state index is 12.6. The van der Waals surface area contributed by atoms with Crippen molar-refractivity contribution in [2.24, 2.45) is 7.05 Å². The highest BCUT2D eigenvalue weighted by atomic mass is 16.2. The van der Waals surface area contributed by atoms with Crippen molar-refractivity contribution in [3.8, 4) is 0 Å². The second-order valence-electron chi connectivity index (χ2n) is 6.11. The molecule has 7 nitrogen and oxygen atoms in total. The van der Waals surface area contributed by atoms with Crippen LogP contribution in [0.25, 0.3) is 0 Å². The molecule has 1 N–H and O–H groups in total. The molecule has 0 saturated carbocycles. The fourth-order valence-electron chi connectivity index (χ4n) is 3.07. The van der Waals surface area contributed by atoms with Crippen LogP contribution in [0.3, 0.4) is 0 Å². The Morgan fingerprint density at radius 1 is 1.33 bits per heavy atom. The van der Waals surface area contributed by atoms with Crippen molar-refractivity contribution in [1.82, 2.24) is 24.3 Å². The minimum absolute atomic E-state index is 0.0874. The zero-order valence-corrected chi connectivity index (χ0v) is 14.4. The summed E-state index contributed by atoms with van der Waals surface area (Å²) in [4.78, 5) is 25.5. The van der Waals surface area contributed by atoms with Gasteiger partial charge in [0, 0.05) is 44.8 Å². The van der Waals surface area contributed by atoms with E-state index in [9.17, 15) is 4.79 Å². The lowest BCUT2D eigenvalue weighted by molar-refractivity contribution is 0.0927. The van der Waals surface area contributed by atoms with E-state index in [1.54, 1.807) is 12.4 Å². The van der Waals surface area contributed by atoms with Crippen LogP contribution in [-0.2, 0) is 7.05 Å². The van der Waals surface area contributed by atoms with Crippen LogP contribution in [0.1, 0.15) is 24.5 Å². The van der Waals surface area contributed by atoms with E-state index in [0.29, 0.717) is 13.1 Å². The van der Waals surface area contributed by atoms with Crippen LogP contribution < -0.4 is 5.32 Å². The van der Waals surface area contributed by atoms with Gasteiger partial charge in [-0.15, -0.1) is 0 Å². The van der Waals surface area contributed by atoms with Gasteiger partial charge in [-0.05, 0) is 25.6 Å². The lowest BCUT2D eigenvalue weighted by Crippen LogP contribution is -2.52. The summed E-state index contributed by atoms with van der Waals surface area (Å²) in [6.07, 6.45) is 5.44. The Morgan fingerprint density at radius 3 is 2.79 bits per heavy atom. The van der Waals surface area contributed by atoms with Crippen LogP contribution in [0.4, 0.5) is 10.5 Å². The average molecular weight is 328 g/mol. The molecule has 1 aliphatic heterocycles. The molecule has 2 aromatic rings. The number of hydrogen-bond donors (Lipinski definition) is 1. The Balaban J connectivity index is 1.71. The van der Waals surface area contributed by atoms with Gasteiger partial charge in [0.25, 0.3) is 0 Å². The van der Waals surface area contributed by atoms with Crippen molar-refractivity contribution >= 4 is 11.7 Å². The molecule has 0 spiro atoms. The molecule has 1 fully saturated rings. The molecule has 1 atom stereocenters. The summed E-state index contributed by atoms with van der Waals surface area (Å²) in [6, 6.07) is 3.79. The minimum Gasteiger partial charge on any atom is -0.337 e. The molecule has 3 rings (SSSR count). The number of urea groups is 1. The monoisotopic (exact) mass is 328 g/mol. The van der Waals surface area contributed by atoms with Gasteiger partial charge in [-0.3, -0.25) is 9.88 Å². The number of carbonyl (C=O) groups excluding carboxylic acids is 1. The Hall–Kier alpha value is -2.41. The molecular weight excluding hydrogens is 304 g/mol. The van der Waals surface area contributed by atoms with Gasteiger partial charge >= 0.3 is 6.03 Å². The first-order chi connectivity index (χ1) is 11.6. The molecule has 128 valence electrons. The standard InChI is InChI=1S/C17H24N6O/c1-4-22-9-10-23(12-15(22)16-18-7-8-21(16)3)17(24)20-14-6-5-13(2)19-11-14/h5-8,11,15H,4,9-10,12H2,1-3H3,(H,20,24). The van der Waals surface area contributed by atoms with Gasteiger partial charge in [0.05, 0.1) is 17.9 Å². The summed E-state index contributed by atoms with van der Waals surface area (Å²) in [7, 11) is 1.99. The largest absolute Gasteiger partial charge is 0.337 e. The summed E-state index contributed by atoms with van der Waals surface area (Å²) in [5, 5.41) is 2.93. The molecule has 1 unspecified atom stereocenters. The Labute approximate surface area is 142 Å². The zero-order valence-electron chi connectivity index (χ0n) is 14.4. The van der Waals surface area contributed by atoms with E-state index in [4.69, 9.17) is 0 Å². The van der Waals surface area contributed by atoms with Gasteiger partial charge in [-0.1, -0.05) is 6.92 Å². The van der Waals surface area contributed by atoms with Crippen molar-refractivity contribution in [3.63, 3.8) is 0 Å². The first kappa shape index (κ1) is 16.4. The second-order valence-corrected chi connectivity index (χ2v) is 6.11. The van der Waals surface area contributed by atoms with E-state index in [0.717, 1.165) is 30.3 Å². The number of nitrogens with one attached hydrogen (secondary N) is 1. The third-order valence-electron chi connectivity index (χ3n) is 4.50. The van der Waals surface area contributed by atoms with Crippen molar-refractivity contribution in [1.29, 1.82) is 0 Å². The number of aryl methyl sites for hydroxylation is 2. The number of amides is 2. The molecule has 24 heavy (non-hydrogen) atoms. The first-order valence-corrected chi connectivity index (χ1v) is 8.28. The van der Waals surface area contributed by atoms with E-state index in [1.807, 2.05) is 41.8 Å². The molecule has 3 heterocycles. The molecule has 0 radical (unpaired) electrons. The fourth-order valence-corrected chi connectivity index (χ4v) is 3.07. The number of nitrogens with zero attached hydrogens (tertiary/aromatic N) is 5. The summed E-state index contributed by atoms with van der Waals surface area (Å²) in [5.41, 5.74) is 1.65.